The number of nitrogens with one attached hydrogen (secondary N) is 1. The number of phenolic OH excluding ortho intramolecular Hbond substituents is 1. The van der Waals surface area contributed by atoms with Crippen LogP contribution in [-0.4, -0.2) is 11.7 Å². The first kappa shape index (κ1) is 12.9. The van der Waals surface area contributed by atoms with Crippen LogP contribution in [0, 0.1) is 0 Å². The lowest BCUT2D eigenvalue weighted by Gasteiger charge is -2.27. The fourth-order valence-corrected chi connectivity index (χ4v) is 2.98. The smallest absolute Gasteiger partial charge is 0.134 e. The number of rotatable bonds is 2. The van der Waals surface area contributed by atoms with Crippen molar-refractivity contribution in [3.63, 3.8) is 0 Å². The molecule has 1 unspecified atom stereocenters. The molecule has 1 fully saturated rings. The standard InChI is InChI=1S/C14H20BrNO/c1-9(2)10-7-11(13(17)12(15)8-10)14(3)5-4-6-16-14/h7-9,16-17H,4-6H2,1-3H3. The molecule has 2 N–H and O–H groups in total. The average molecular weight is 298 g/mol. The van der Waals surface area contributed by atoms with E-state index in [1.807, 2.05) is 6.07 Å². The van der Waals surface area contributed by atoms with Crippen molar-refractivity contribution in [2.45, 2.75) is 45.1 Å². The van der Waals surface area contributed by atoms with Gasteiger partial charge in [0.2, 0.25) is 0 Å². The Morgan fingerprint density at radius 3 is 2.65 bits per heavy atom. The lowest BCUT2D eigenvalue weighted by molar-refractivity contribution is 0.392. The van der Waals surface area contributed by atoms with Crippen molar-refractivity contribution < 1.29 is 5.11 Å². The fraction of sp³-hybridized carbons (Fsp3) is 0.571. The Balaban J connectivity index is 2.52. The van der Waals surface area contributed by atoms with Crippen LogP contribution in [0.4, 0.5) is 0 Å². The monoisotopic (exact) mass is 297 g/mol. The molecule has 1 aliphatic rings. The number of aromatic hydroxyl groups is 1. The molecule has 0 aromatic heterocycles. The van der Waals surface area contributed by atoms with E-state index in [2.05, 4.69) is 48.1 Å². The molecule has 1 aromatic rings. The summed E-state index contributed by atoms with van der Waals surface area (Å²) in [5.74, 6) is 0.849. The predicted octanol–water partition coefficient (Wildman–Crippen LogP) is 3.88. The van der Waals surface area contributed by atoms with Crippen LogP contribution in [0.25, 0.3) is 0 Å². The molecule has 1 atom stereocenters. The maximum atomic E-state index is 10.2. The normalized spacial score (nSPS) is 24.5. The van der Waals surface area contributed by atoms with Crippen molar-refractivity contribution in [3.8, 4) is 5.75 Å². The SMILES string of the molecule is CC(C)c1cc(Br)c(O)c(C2(C)CCCN2)c1. The highest BCUT2D eigenvalue weighted by Crippen LogP contribution is 2.41. The highest BCUT2D eigenvalue weighted by molar-refractivity contribution is 9.10. The molecule has 0 spiro atoms. The lowest BCUT2D eigenvalue weighted by Crippen LogP contribution is -2.33. The second-order valence-electron chi connectivity index (χ2n) is 5.42. The van der Waals surface area contributed by atoms with E-state index < -0.39 is 0 Å². The summed E-state index contributed by atoms with van der Waals surface area (Å²) in [6.07, 6.45) is 2.24. The summed E-state index contributed by atoms with van der Waals surface area (Å²) in [4.78, 5) is 0. The molecule has 17 heavy (non-hydrogen) atoms. The van der Waals surface area contributed by atoms with Crippen molar-refractivity contribution in [2.24, 2.45) is 0 Å². The summed E-state index contributed by atoms with van der Waals surface area (Å²) in [5, 5.41) is 13.7. The molecule has 2 nitrogen and oxygen atoms in total. The summed E-state index contributed by atoms with van der Waals surface area (Å²) in [5.41, 5.74) is 2.20. The zero-order chi connectivity index (χ0) is 12.6. The van der Waals surface area contributed by atoms with E-state index in [1.54, 1.807) is 0 Å². The Kier molecular flexibility index (Phi) is 3.50. The first-order chi connectivity index (χ1) is 7.94. The van der Waals surface area contributed by atoms with E-state index in [9.17, 15) is 5.11 Å². The predicted molar refractivity (Wildman–Crippen MR) is 74.5 cm³/mol. The van der Waals surface area contributed by atoms with Gasteiger partial charge in [-0.3, -0.25) is 0 Å². The zero-order valence-corrected chi connectivity index (χ0v) is 12.3. The molecular weight excluding hydrogens is 278 g/mol. The Hall–Kier alpha value is -0.540. The average Bonchev–Trinajstić information content (AvgIpc) is 2.69. The highest BCUT2D eigenvalue weighted by Gasteiger charge is 2.33. The van der Waals surface area contributed by atoms with E-state index in [0.29, 0.717) is 11.7 Å². The molecule has 1 aromatic carbocycles. The maximum absolute atomic E-state index is 10.2. The van der Waals surface area contributed by atoms with Crippen LogP contribution in [0.2, 0.25) is 0 Å². The Morgan fingerprint density at radius 1 is 1.41 bits per heavy atom. The van der Waals surface area contributed by atoms with Crippen molar-refractivity contribution in [1.82, 2.24) is 5.32 Å². The number of hydrogen-bond acceptors (Lipinski definition) is 2. The van der Waals surface area contributed by atoms with Gasteiger partial charge in [0.1, 0.15) is 5.75 Å². The van der Waals surface area contributed by atoms with Gasteiger partial charge in [-0.15, -0.1) is 0 Å². The maximum Gasteiger partial charge on any atom is 0.134 e. The van der Waals surface area contributed by atoms with E-state index >= 15 is 0 Å². The summed E-state index contributed by atoms with van der Waals surface area (Å²) in [6.45, 7) is 7.55. The minimum absolute atomic E-state index is 0.0858. The second kappa shape index (κ2) is 4.62. The van der Waals surface area contributed by atoms with Crippen molar-refractivity contribution >= 4 is 15.9 Å². The van der Waals surface area contributed by atoms with Gasteiger partial charge in [0.15, 0.2) is 0 Å². The summed E-state index contributed by atoms with van der Waals surface area (Å²) in [6, 6.07) is 4.16. The van der Waals surface area contributed by atoms with Crippen molar-refractivity contribution in [2.75, 3.05) is 6.54 Å². The number of benzene rings is 1. The molecule has 94 valence electrons. The minimum Gasteiger partial charge on any atom is -0.506 e. The van der Waals surface area contributed by atoms with Gasteiger partial charge in [-0.25, -0.2) is 0 Å². The Morgan fingerprint density at radius 2 is 2.12 bits per heavy atom. The third kappa shape index (κ3) is 2.36. The van der Waals surface area contributed by atoms with Gasteiger partial charge in [-0.1, -0.05) is 13.8 Å². The molecule has 0 radical (unpaired) electrons. The van der Waals surface area contributed by atoms with Crippen molar-refractivity contribution in [3.05, 3.63) is 27.7 Å². The molecule has 0 amide bonds. The number of hydrogen-bond donors (Lipinski definition) is 2. The van der Waals surface area contributed by atoms with Crippen LogP contribution in [0.5, 0.6) is 5.75 Å². The van der Waals surface area contributed by atoms with Crippen LogP contribution < -0.4 is 5.32 Å². The third-order valence-corrected chi connectivity index (χ3v) is 4.32. The van der Waals surface area contributed by atoms with Crippen LogP contribution in [0.3, 0.4) is 0 Å². The third-order valence-electron chi connectivity index (χ3n) is 3.72. The highest BCUT2D eigenvalue weighted by atomic mass is 79.9. The van der Waals surface area contributed by atoms with E-state index in [-0.39, 0.29) is 5.54 Å². The summed E-state index contributed by atoms with van der Waals surface area (Å²) in [7, 11) is 0. The molecule has 0 aliphatic carbocycles. The molecule has 0 saturated carbocycles. The van der Waals surface area contributed by atoms with Gasteiger partial charge in [0, 0.05) is 11.1 Å². The van der Waals surface area contributed by atoms with E-state index in [0.717, 1.165) is 23.0 Å². The van der Waals surface area contributed by atoms with E-state index in [4.69, 9.17) is 0 Å². The quantitative estimate of drug-likeness (QED) is 0.868. The van der Waals surface area contributed by atoms with Gasteiger partial charge >= 0.3 is 0 Å². The van der Waals surface area contributed by atoms with Crippen LogP contribution in [0.1, 0.15) is 50.7 Å². The first-order valence-electron chi connectivity index (χ1n) is 6.22. The van der Waals surface area contributed by atoms with Gasteiger partial charge in [-0.2, -0.15) is 0 Å². The van der Waals surface area contributed by atoms with E-state index in [1.165, 1.54) is 12.0 Å². The minimum atomic E-state index is -0.0858. The van der Waals surface area contributed by atoms with Gasteiger partial charge in [0.05, 0.1) is 4.47 Å². The summed E-state index contributed by atoms with van der Waals surface area (Å²) >= 11 is 3.46. The Bertz CT molecular complexity index is 422. The molecule has 1 aliphatic heterocycles. The molecule has 3 heteroatoms. The number of halogens is 1. The largest absolute Gasteiger partial charge is 0.506 e. The van der Waals surface area contributed by atoms with Crippen molar-refractivity contribution in [1.29, 1.82) is 0 Å². The second-order valence-corrected chi connectivity index (χ2v) is 6.27. The van der Waals surface area contributed by atoms with Crippen LogP contribution in [0.15, 0.2) is 16.6 Å². The van der Waals surface area contributed by atoms with Gasteiger partial charge < -0.3 is 10.4 Å². The van der Waals surface area contributed by atoms with Gasteiger partial charge in [0.25, 0.3) is 0 Å². The fourth-order valence-electron chi connectivity index (χ4n) is 2.50. The first-order valence-corrected chi connectivity index (χ1v) is 7.01. The summed E-state index contributed by atoms with van der Waals surface area (Å²) < 4.78 is 0.800. The molecule has 1 saturated heterocycles. The molecule has 1 heterocycles. The molecule has 2 rings (SSSR count). The topological polar surface area (TPSA) is 32.3 Å². The van der Waals surface area contributed by atoms with Gasteiger partial charge in [-0.05, 0) is 65.9 Å². The molecule has 0 bridgehead atoms. The zero-order valence-electron chi connectivity index (χ0n) is 10.7. The van der Waals surface area contributed by atoms with Crippen LogP contribution in [-0.2, 0) is 5.54 Å². The van der Waals surface area contributed by atoms with Crippen LogP contribution >= 0.6 is 15.9 Å². The number of phenols is 1. The lowest BCUT2D eigenvalue weighted by atomic mass is 9.87. The Labute approximate surface area is 112 Å². The molecular formula is C14H20BrNO.